The lowest BCUT2D eigenvalue weighted by atomic mass is 10.2. The number of nitrogens with one attached hydrogen (secondary N) is 1. The Hall–Kier alpha value is -1.13. The second kappa shape index (κ2) is 8.35. The molecule has 3 nitrogen and oxygen atoms in total. The van der Waals surface area contributed by atoms with Crippen LogP contribution in [0.3, 0.4) is 0 Å². The number of rotatable bonds is 5. The van der Waals surface area contributed by atoms with Crippen LogP contribution in [0.4, 0.5) is 0 Å². The van der Waals surface area contributed by atoms with Crippen LogP contribution >= 0.6 is 35.6 Å². The van der Waals surface area contributed by atoms with Crippen LogP contribution in [0.5, 0.6) is 11.5 Å². The van der Waals surface area contributed by atoms with E-state index in [1.54, 1.807) is 18.2 Å². The number of phenols is 1. The molecule has 0 radical (unpaired) electrons. The topological polar surface area (TPSA) is 41.5 Å². The Morgan fingerprint density at radius 3 is 2.48 bits per heavy atom. The zero-order chi connectivity index (χ0) is 14.5. The Kier molecular flexibility index (Phi) is 7.12. The van der Waals surface area contributed by atoms with Crippen molar-refractivity contribution in [1.82, 2.24) is 5.32 Å². The first-order chi connectivity index (χ1) is 9.60. The minimum Gasteiger partial charge on any atom is -0.504 e. The van der Waals surface area contributed by atoms with Gasteiger partial charge >= 0.3 is 0 Å². The second-order valence-corrected chi connectivity index (χ2v) is 5.19. The summed E-state index contributed by atoms with van der Waals surface area (Å²) in [4.78, 5) is 0. The van der Waals surface area contributed by atoms with Gasteiger partial charge in [-0.3, -0.25) is 0 Å². The van der Waals surface area contributed by atoms with E-state index < -0.39 is 0 Å². The summed E-state index contributed by atoms with van der Waals surface area (Å²) in [6.07, 6.45) is 0. The predicted octanol–water partition coefficient (Wildman–Crippen LogP) is 4.42. The first-order valence-corrected chi connectivity index (χ1v) is 6.86. The zero-order valence-corrected chi connectivity index (χ0v) is 13.7. The van der Waals surface area contributed by atoms with E-state index >= 15 is 0 Å². The van der Waals surface area contributed by atoms with Gasteiger partial charge in [0.2, 0.25) is 0 Å². The summed E-state index contributed by atoms with van der Waals surface area (Å²) < 4.78 is 5.00. The van der Waals surface area contributed by atoms with E-state index in [0.29, 0.717) is 28.9 Å². The third-order valence-electron chi connectivity index (χ3n) is 2.90. The van der Waals surface area contributed by atoms with Crippen LogP contribution in [0, 0.1) is 0 Å². The Morgan fingerprint density at radius 1 is 1.10 bits per heavy atom. The molecule has 0 bridgehead atoms. The van der Waals surface area contributed by atoms with Crippen LogP contribution in [-0.2, 0) is 13.1 Å². The summed E-state index contributed by atoms with van der Waals surface area (Å²) >= 11 is 11.9. The van der Waals surface area contributed by atoms with E-state index in [-0.39, 0.29) is 18.2 Å². The Balaban J connectivity index is 0.00000220. The van der Waals surface area contributed by atoms with Crippen molar-refractivity contribution in [3.63, 3.8) is 0 Å². The Bertz CT molecular complexity index is 605. The number of benzene rings is 2. The quantitative estimate of drug-likeness (QED) is 0.840. The summed E-state index contributed by atoms with van der Waals surface area (Å²) in [5, 5.41) is 14.2. The molecule has 0 spiro atoms. The van der Waals surface area contributed by atoms with Gasteiger partial charge in [0.15, 0.2) is 11.5 Å². The SMILES string of the molecule is COc1ccc(CNCc2ccc(Cl)cc2Cl)cc1O.Cl. The van der Waals surface area contributed by atoms with Crippen LogP contribution in [0.1, 0.15) is 11.1 Å². The highest BCUT2D eigenvalue weighted by Gasteiger charge is 2.04. The Labute approximate surface area is 140 Å². The summed E-state index contributed by atoms with van der Waals surface area (Å²) in [7, 11) is 1.52. The maximum Gasteiger partial charge on any atom is 0.160 e. The van der Waals surface area contributed by atoms with Crippen molar-refractivity contribution in [3.05, 3.63) is 57.6 Å². The van der Waals surface area contributed by atoms with Gasteiger partial charge in [0.1, 0.15) is 0 Å². The average Bonchev–Trinajstić information content (AvgIpc) is 2.41. The third-order valence-corrected chi connectivity index (χ3v) is 3.49. The van der Waals surface area contributed by atoms with Crippen LogP contribution in [0.25, 0.3) is 0 Å². The van der Waals surface area contributed by atoms with Crippen molar-refractivity contribution in [1.29, 1.82) is 0 Å². The van der Waals surface area contributed by atoms with E-state index in [4.69, 9.17) is 27.9 Å². The molecular formula is C15H16Cl3NO2. The fraction of sp³-hybridized carbons (Fsp3) is 0.200. The molecule has 0 heterocycles. The molecule has 0 aromatic heterocycles. The van der Waals surface area contributed by atoms with Gasteiger partial charge in [-0.2, -0.15) is 0 Å². The normalized spacial score (nSPS) is 10.0. The fourth-order valence-electron chi connectivity index (χ4n) is 1.85. The van der Waals surface area contributed by atoms with Gasteiger partial charge < -0.3 is 15.2 Å². The van der Waals surface area contributed by atoms with Crippen molar-refractivity contribution in [2.75, 3.05) is 7.11 Å². The third kappa shape index (κ3) is 4.97. The zero-order valence-electron chi connectivity index (χ0n) is 11.4. The van der Waals surface area contributed by atoms with Gasteiger partial charge in [0.05, 0.1) is 7.11 Å². The molecule has 0 aliphatic carbocycles. The molecule has 2 N–H and O–H groups in total. The molecule has 2 aromatic carbocycles. The summed E-state index contributed by atoms with van der Waals surface area (Å²) in [5.74, 6) is 0.603. The summed E-state index contributed by atoms with van der Waals surface area (Å²) in [6.45, 7) is 1.25. The molecule has 2 aromatic rings. The predicted molar refractivity (Wildman–Crippen MR) is 88.9 cm³/mol. The molecule has 0 saturated heterocycles. The molecule has 6 heteroatoms. The lowest BCUT2D eigenvalue weighted by Gasteiger charge is -2.09. The van der Waals surface area contributed by atoms with Crippen molar-refractivity contribution in [2.45, 2.75) is 13.1 Å². The molecule has 0 fully saturated rings. The van der Waals surface area contributed by atoms with Crippen LogP contribution < -0.4 is 10.1 Å². The number of halogens is 3. The van der Waals surface area contributed by atoms with E-state index in [0.717, 1.165) is 11.1 Å². The molecule has 0 aliphatic heterocycles. The van der Waals surface area contributed by atoms with Crippen LogP contribution in [-0.4, -0.2) is 12.2 Å². The van der Waals surface area contributed by atoms with E-state index in [2.05, 4.69) is 5.32 Å². The number of ether oxygens (including phenoxy) is 1. The average molecular weight is 349 g/mol. The highest BCUT2D eigenvalue weighted by atomic mass is 35.5. The van der Waals surface area contributed by atoms with Gasteiger partial charge in [0, 0.05) is 23.1 Å². The molecule has 0 unspecified atom stereocenters. The highest BCUT2D eigenvalue weighted by molar-refractivity contribution is 6.35. The molecular weight excluding hydrogens is 333 g/mol. The number of phenolic OH excluding ortho intramolecular Hbond substituents is 1. The van der Waals surface area contributed by atoms with Gasteiger partial charge in [-0.25, -0.2) is 0 Å². The molecule has 2 rings (SSSR count). The first-order valence-electron chi connectivity index (χ1n) is 6.10. The molecule has 0 amide bonds. The van der Waals surface area contributed by atoms with Crippen LogP contribution in [0.15, 0.2) is 36.4 Å². The van der Waals surface area contributed by atoms with Crippen molar-refractivity contribution >= 4 is 35.6 Å². The molecule has 21 heavy (non-hydrogen) atoms. The van der Waals surface area contributed by atoms with Gasteiger partial charge in [-0.05, 0) is 35.4 Å². The number of methoxy groups -OCH3 is 1. The second-order valence-electron chi connectivity index (χ2n) is 4.35. The fourth-order valence-corrected chi connectivity index (χ4v) is 2.33. The van der Waals surface area contributed by atoms with E-state index in [1.165, 1.54) is 7.11 Å². The van der Waals surface area contributed by atoms with Crippen molar-refractivity contribution in [3.8, 4) is 11.5 Å². The molecule has 0 atom stereocenters. The smallest absolute Gasteiger partial charge is 0.160 e. The summed E-state index contributed by atoms with van der Waals surface area (Å²) in [5.41, 5.74) is 1.95. The van der Waals surface area contributed by atoms with E-state index in [9.17, 15) is 5.11 Å². The molecule has 114 valence electrons. The standard InChI is InChI=1S/C15H15Cl2NO2.ClH/c1-20-15-5-2-10(6-14(15)19)8-18-9-11-3-4-12(16)7-13(11)17;/h2-7,18-19H,8-9H2,1H3;1H. The lowest BCUT2D eigenvalue weighted by molar-refractivity contribution is 0.373. The van der Waals surface area contributed by atoms with Gasteiger partial charge in [-0.1, -0.05) is 35.3 Å². The number of hydrogen-bond donors (Lipinski definition) is 2. The maximum atomic E-state index is 9.69. The Morgan fingerprint density at radius 2 is 1.86 bits per heavy atom. The minimum absolute atomic E-state index is 0. The maximum absolute atomic E-state index is 9.69. The van der Waals surface area contributed by atoms with Crippen molar-refractivity contribution in [2.24, 2.45) is 0 Å². The number of hydrogen-bond acceptors (Lipinski definition) is 3. The van der Waals surface area contributed by atoms with Crippen LogP contribution in [0.2, 0.25) is 10.0 Å². The molecule has 0 saturated carbocycles. The van der Waals surface area contributed by atoms with E-state index in [1.807, 2.05) is 18.2 Å². The van der Waals surface area contributed by atoms with Gasteiger partial charge in [0.25, 0.3) is 0 Å². The first kappa shape index (κ1) is 17.9. The molecule has 0 aliphatic rings. The highest BCUT2D eigenvalue weighted by Crippen LogP contribution is 2.26. The van der Waals surface area contributed by atoms with Crippen molar-refractivity contribution < 1.29 is 9.84 Å². The minimum atomic E-state index is 0. The monoisotopic (exact) mass is 347 g/mol. The lowest BCUT2D eigenvalue weighted by Crippen LogP contribution is -2.12. The largest absolute Gasteiger partial charge is 0.504 e. The number of aromatic hydroxyl groups is 1. The summed E-state index contributed by atoms with van der Waals surface area (Å²) in [6, 6.07) is 10.7. The van der Waals surface area contributed by atoms with Gasteiger partial charge in [-0.15, -0.1) is 12.4 Å².